The standard InChI is InChI=1S/C10H16F5N3/c1-4-5-18-8(9(11,12)10(13,14)15)17(6-16-18)7(2)3/h6-8H,4-5H2,1-3H3. The number of halogens is 5. The lowest BCUT2D eigenvalue weighted by atomic mass is 10.2. The molecule has 0 fully saturated rings. The highest BCUT2D eigenvalue weighted by Gasteiger charge is 2.66. The summed E-state index contributed by atoms with van der Waals surface area (Å²) in [5.74, 6) is -4.83. The van der Waals surface area contributed by atoms with Gasteiger partial charge < -0.3 is 4.90 Å². The lowest BCUT2D eigenvalue weighted by Gasteiger charge is -2.38. The molecule has 0 aromatic heterocycles. The zero-order valence-corrected chi connectivity index (χ0v) is 10.4. The monoisotopic (exact) mass is 273 g/mol. The highest BCUT2D eigenvalue weighted by atomic mass is 19.4. The zero-order valence-electron chi connectivity index (χ0n) is 10.4. The van der Waals surface area contributed by atoms with Crippen LogP contribution in [-0.2, 0) is 0 Å². The normalized spacial score (nSPS) is 21.3. The highest BCUT2D eigenvalue weighted by Crippen LogP contribution is 2.42. The van der Waals surface area contributed by atoms with E-state index in [-0.39, 0.29) is 6.54 Å². The molecule has 0 aliphatic carbocycles. The molecule has 106 valence electrons. The topological polar surface area (TPSA) is 18.8 Å². The lowest BCUT2D eigenvalue weighted by molar-refractivity contribution is -0.315. The Hall–Kier alpha value is -1.08. The first-order valence-corrected chi connectivity index (χ1v) is 5.65. The van der Waals surface area contributed by atoms with E-state index in [0.717, 1.165) is 16.2 Å². The summed E-state index contributed by atoms with van der Waals surface area (Å²) in [7, 11) is 0. The molecule has 0 saturated carbocycles. The van der Waals surface area contributed by atoms with Gasteiger partial charge in [-0.05, 0) is 20.3 Å². The average Bonchev–Trinajstić information content (AvgIpc) is 2.60. The Kier molecular flexibility index (Phi) is 4.07. The summed E-state index contributed by atoms with van der Waals surface area (Å²) in [5.41, 5.74) is 0. The average molecular weight is 273 g/mol. The van der Waals surface area contributed by atoms with E-state index in [1.54, 1.807) is 20.8 Å². The van der Waals surface area contributed by atoms with Crippen molar-refractivity contribution < 1.29 is 22.0 Å². The summed E-state index contributed by atoms with van der Waals surface area (Å²) in [6.07, 6.45) is -6.21. The second-order valence-corrected chi connectivity index (χ2v) is 4.43. The first-order chi connectivity index (χ1) is 8.13. The van der Waals surface area contributed by atoms with Gasteiger partial charge in [-0.2, -0.15) is 27.1 Å². The van der Waals surface area contributed by atoms with Crippen LogP contribution in [0.3, 0.4) is 0 Å². The maximum absolute atomic E-state index is 13.5. The van der Waals surface area contributed by atoms with Crippen LogP contribution in [0.5, 0.6) is 0 Å². The van der Waals surface area contributed by atoms with Gasteiger partial charge in [-0.3, -0.25) is 5.01 Å². The van der Waals surface area contributed by atoms with Crippen molar-refractivity contribution in [3.8, 4) is 0 Å². The minimum absolute atomic E-state index is 0.0516. The van der Waals surface area contributed by atoms with Crippen LogP contribution < -0.4 is 0 Å². The van der Waals surface area contributed by atoms with E-state index in [1.165, 1.54) is 0 Å². The van der Waals surface area contributed by atoms with Crippen molar-refractivity contribution in [2.45, 2.75) is 51.5 Å². The number of hydrazone groups is 1. The van der Waals surface area contributed by atoms with Crippen molar-refractivity contribution >= 4 is 6.34 Å². The Bertz CT molecular complexity index is 313. The van der Waals surface area contributed by atoms with Gasteiger partial charge in [0.25, 0.3) is 0 Å². The van der Waals surface area contributed by atoms with E-state index in [9.17, 15) is 22.0 Å². The van der Waals surface area contributed by atoms with Gasteiger partial charge in [0.05, 0.1) is 0 Å². The van der Waals surface area contributed by atoms with Crippen LogP contribution in [0.2, 0.25) is 0 Å². The van der Waals surface area contributed by atoms with Gasteiger partial charge in [-0.1, -0.05) is 6.92 Å². The summed E-state index contributed by atoms with van der Waals surface area (Å²) in [6, 6.07) is -0.492. The fraction of sp³-hybridized carbons (Fsp3) is 0.900. The smallest absolute Gasteiger partial charge is 0.332 e. The molecule has 1 aliphatic rings. The van der Waals surface area contributed by atoms with Crippen LogP contribution in [0.15, 0.2) is 5.10 Å². The number of rotatable bonds is 4. The van der Waals surface area contributed by atoms with E-state index < -0.39 is 24.3 Å². The quantitative estimate of drug-likeness (QED) is 0.733. The SMILES string of the molecule is CCCN1N=CN(C(C)C)C1C(F)(F)C(F)(F)F. The molecule has 0 saturated heterocycles. The van der Waals surface area contributed by atoms with Crippen LogP contribution >= 0.6 is 0 Å². The molecule has 1 heterocycles. The van der Waals surface area contributed by atoms with Crippen LogP contribution in [0, 0.1) is 0 Å². The van der Waals surface area contributed by atoms with Gasteiger partial charge in [0.2, 0.25) is 0 Å². The molecule has 0 amide bonds. The Morgan fingerprint density at radius 2 is 1.78 bits per heavy atom. The maximum atomic E-state index is 13.5. The minimum atomic E-state index is -5.59. The molecular weight excluding hydrogens is 257 g/mol. The van der Waals surface area contributed by atoms with Crippen LogP contribution in [0.25, 0.3) is 0 Å². The summed E-state index contributed by atoms with van der Waals surface area (Å²) in [4.78, 5) is 0.934. The third kappa shape index (κ3) is 2.51. The second kappa shape index (κ2) is 4.89. The van der Waals surface area contributed by atoms with E-state index in [1.807, 2.05) is 0 Å². The van der Waals surface area contributed by atoms with Crippen LogP contribution in [0.1, 0.15) is 27.2 Å². The minimum Gasteiger partial charge on any atom is -0.332 e. The van der Waals surface area contributed by atoms with E-state index in [4.69, 9.17) is 0 Å². The molecule has 0 radical (unpaired) electrons. The van der Waals surface area contributed by atoms with E-state index in [0.29, 0.717) is 6.42 Å². The van der Waals surface area contributed by atoms with Crippen molar-refractivity contribution in [3.63, 3.8) is 0 Å². The molecule has 3 nitrogen and oxygen atoms in total. The molecule has 1 atom stereocenters. The van der Waals surface area contributed by atoms with Gasteiger partial charge in [0.15, 0.2) is 6.17 Å². The van der Waals surface area contributed by atoms with Gasteiger partial charge in [-0.15, -0.1) is 0 Å². The Morgan fingerprint density at radius 1 is 1.22 bits per heavy atom. The van der Waals surface area contributed by atoms with Gasteiger partial charge in [0, 0.05) is 12.6 Å². The molecular formula is C10H16F5N3. The third-order valence-electron chi connectivity index (χ3n) is 2.65. The third-order valence-corrected chi connectivity index (χ3v) is 2.65. The van der Waals surface area contributed by atoms with Crippen molar-refractivity contribution in [3.05, 3.63) is 0 Å². The molecule has 1 aliphatic heterocycles. The van der Waals surface area contributed by atoms with Crippen LogP contribution in [-0.4, -0.2) is 47.1 Å². The number of hydrogen-bond donors (Lipinski definition) is 0. The van der Waals surface area contributed by atoms with Crippen LogP contribution in [0.4, 0.5) is 22.0 Å². The molecule has 0 aromatic carbocycles. The summed E-state index contributed by atoms with van der Waals surface area (Å²) in [5, 5.41) is 4.44. The predicted octanol–water partition coefficient (Wildman–Crippen LogP) is 2.89. The molecule has 0 spiro atoms. The molecule has 1 rings (SSSR count). The molecule has 0 aromatic rings. The van der Waals surface area contributed by atoms with Crippen molar-refractivity contribution in [2.24, 2.45) is 5.10 Å². The van der Waals surface area contributed by atoms with E-state index in [2.05, 4.69) is 5.10 Å². The number of alkyl halides is 5. The summed E-state index contributed by atoms with van der Waals surface area (Å²) < 4.78 is 64.5. The fourth-order valence-electron chi connectivity index (χ4n) is 1.75. The van der Waals surface area contributed by atoms with Crippen molar-refractivity contribution in [1.82, 2.24) is 9.91 Å². The molecule has 8 heteroatoms. The summed E-state index contributed by atoms with van der Waals surface area (Å²) >= 11 is 0. The maximum Gasteiger partial charge on any atom is 0.457 e. The Morgan fingerprint density at radius 3 is 2.17 bits per heavy atom. The van der Waals surface area contributed by atoms with Gasteiger partial charge in [-0.25, -0.2) is 0 Å². The molecule has 0 N–H and O–H groups in total. The summed E-state index contributed by atoms with van der Waals surface area (Å²) in [6.45, 7) is 4.83. The molecule has 1 unspecified atom stereocenters. The van der Waals surface area contributed by atoms with Gasteiger partial charge in [0.1, 0.15) is 6.34 Å². The second-order valence-electron chi connectivity index (χ2n) is 4.43. The first-order valence-electron chi connectivity index (χ1n) is 5.65. The molecule has 18 heavy (non-hydrogen) atoms. The van der Waals surface area contributed by atoms with E-state index >= 15 is 0 Å². The number of hydrogen-bond acceptors (Lipinski definition) is 3. The van der Waals surface area contributed by atoms with Crippen molar-refractivity contribution in [2.75, 3.05) is 6.54 Å². The lowest BCUT2D eigenvalue weighted by Crippen LogP contribution is -2.60. The van der Waals surface area contributed by atoms with Crippen molar-refractivity contribution in [1.29, 1.82) is 0 Å². The molecule has 0 bridgehead atoms. The number of nitrogens with zero attached hydrogens (tertiary/aromatic N) is 3. The largest absolute Gasteiger partial charge is 0.457 e. The highest BCUT2D eigenvalue weighted by molar-refractivity contribution is 5.58. The Labute approximate surface area is 102 Å². The van der Waals surface area contributed by atoms with Gasteiger partial charge >= 0.3 is 12.1 Å². The first kappa shape index (κ1) is 15.0. The fourth-order valence-corrected chi connectivity index (χ4v) is 1.75. The zero-order chi connectivity index (χ0) is 14.1. The predicted molar refractivity (Wildman–Crippen MR) is 57.3 cm³/mol. The Balaban J connectivity index is 3.06.